The van der Waals surface area contributed by atoms with Gasteiger partial charge in [0.25, 0.3) is 5.91 Å². The van der Waals surface area contributed by atoms with Crippen LogP contribution in [0.25, 0.3) is 0 Å². The molecule has 5 heteroatoms. The molecular weight excluding hydrogens is 294 g/mol. The van der Waals surface area contributed by atoms with Gasteiger partial charge in [-0.15, -0.1) is 0 Å². The standard InChI is InChI=1S/C18H21NO4/c1-19(12-13-7-5-6-8-17(13)23-4)18(20)14-9-15(21-2)11-16(10-14)22-3/h5-11H,12H2,1-4H3. The van der Waals surface area contributed by atoms with E-state index in [0.29, 0.717) is 23.6 Å². The van der Waals surface area contributed by atoms with Crippen LogP contribution in [0.3, 0.4) is 0 Å². The van der Waals surface area contributed by atoms with Gasteiger partial charge in [-0.05, 0) is 18.2 Å². The van der Waals surface area contributed by atoms with E-state index in [1.165, 1.54) is 0 Å². The van der Waals surface area contributed by atoms with Crippen molar-refractivity contribution in [3.05, 3.63) is 53.6 Å². The topological polar surface area (TPSA) is 48.0 Å². The summed E-state index contributed by atoms with van der Waals surface area (Å²) in [5.74, 6) is 1.81. The Morgan fingerprint density at radius 1 is 0.957 bits per heavy atom. The van der Waals surface area contributed by atoms with Gasteiger partial charge in [0, 0.05) is 30.8 Å². The van der Waals surface area contributed by atoms with Gasteiger partial charge in [0.05, 0.1) is 21.3 Å². The maximum atomic E-state index is 12.7. The molecule has 0 radical (unpaired) electrons. The number of para-hydroxylation sites is 1. The Kier molecular flexibility index (Phi) is 5.46. The van der Waals surface area contributed by atoms with Crippen molar-refractivity contribution < 1.29 is 19.0 Å². The van der Waals surface area contributed by atoms with Crippen LogP contribution in [0.4, 0.5) is 0 Å². The molecule has 0 fully saturated rings. The summed E-state index contributed by atoms with van der Waals surface area (Å²) in [6, 6.07) is 12.8. The van der Waals surface area contributed by atoms with Crippen molar-refractivity contribution in [1.82, 2.24) is 4.90 Å². The zero-order valence-electron chi connectivity index (χ0n) is 13.8. The summed E-state index contributed by atoms with van der Waals surface area (Å²) < 4.78 is 15.7. The molecule has 0 aliphatic heterocycles. The fourth-order valence-electron chi connectivity index (χ4n) is 2.31. The highest BCUT2D eigenvalue weighted by Crippen LogP contribution is 2.24. The van der Waals surface area contributed by atoms with Crippen LogP contribution in [-0.4, -0.2) is 39.2 Å². The minimum absolute atomic E-state index is 0.117. The largest absolute Gasteiger partial charge is 0.497 e. The van der Waals surface area contributed by atoms with Gasteiger partial charge >= 0.3 is 0 Å². The fourth-order valence-corrected chi connectivity index (χ4v) is 2.31. The lowest BCUT2D eigenvalue weighted by molar-refractivity contribution is 0.0783. The smallest absolute Gasteiger partial charge is 0.254 e. The molecule has 0 aliphatic carbocycles. The van der Waals surface area contributed by atoms with Crippen LogP contribution in [0.5, 0.6) is 17.2 Å². The molecule has 0 aromatic heterocycles. The van der Waals surface area contributed by atoms with Gasteiger partial charge in [-0.25, -0.2) is 0 Å². The Bertz CT molecular complexity index is 662. The second-order valence-corrected chi connectivity index (χ2v) is 5.07. The van der Waals surface area contributed by atoms with Crippen LogP contribution in [0, 0.1) is 0 Å². The Hall–Kier alpha value is -2.69. The molecule has 2 rings (SSSR count). The van der Waals surface area contributed by atoms with Gasteiger partial charge in [0.1, 0.15) is 17.2 Å². The summed E-state index contributed by atoms with van der Waals surface area (Å²) in [5.41, 5.74) is 1.46. The Morgan fingerprint density at radius 3 is 2.13 bits per heavy atom. The number of nitrogens with zero attached hydrogens (tertiary/aromatic N) is 1. The molecule has 0 saturated carbocycles. The summed E-state index contributed by atoms with van der Waals surface area (Å²) in [4.78, 5) is 14.3. The molecule has 2 aromatic rings. The first-order valence-electron chi connectivity index (χ1n) is 7.19. The van der Waals surface area contributed by atoms with Gasteiger partial charge < -0.3 is 19.1 Å². The van der Waals surface area contributed by atoms with E-state index in [-0.39, 0.29) is 5.91 Å². The van der Waals surface area contributed by atoms with Crippen molar-refractivity contribution in [1.29, 1.82) is 0 Å². The van der Waals surface area contributed by atoms with Crippen molar-refractivity contribution in [2.75, 3.05) is 28.4 Å². The van der Waals surface area contributed by atoms with Crippen LogP contribution in [0.15, 0.2) is 42.5 Å². The van der Waals surface area contributed by atoms with Crippen molar-refractivity contribution in [2.45, 2.75) is 6.54 Å². The molecule has 23 heavy (non-hydrogen) atoms. The molecule has 0 aliphatic rings. The number of amides is 1. The Labute approximate surface area is 136 Å². The first-order valence-corrected chi connectivity index (χ1v) is 7.19. The number of carbonyl (C=O) groups excluding carboxylic acids is 1. The highest BCUT2D eigenvalue weighted by Gasteiger charge is 2.16. The van der Waals surface area contributed by atoms with Gasteiger partial charge in [-0.3, -0.25) is 4.79 Å². The van der Waals surface area contributed by atoms with Gasteiger partial charge in [-0.2, -0.15) is 0 Å². The summed E-state index contributed by atoms with van der Waals surface area (Å²) in [5, 5.41) is 0. The van der Waals surface area contributed by atoms with Crippen molar-refractivity contribution in [3.63, 3.8) is 0 Å². The third-order valence-electron chi connectivity index (χ3n) is 3.55. The average molecular weight is 315 g/mol. The van der Waals surface area contributed by atoms with E-state index in [9.17, 15) is 4.79 Å². The highest BCUT2D eigenvalue weighted by molar-refractivity contribution is 5.95. The van der Waals surface area contributed by atoms with Crippen LogP contribution in [-0.2, 0) is 6.54 Å². The SMILES string of the molecule is COc1cc(OC)cc(C(=O)N(C)Cc2ccccc2OC)c1. The third kappa shape index (κ3) is 3.94. The number of hydrogen-bond donors (Lipinski definition) is 0. The number of ether oxygens (including phenoxy) is 3. The lowest BCUT2D eigenvalue weighted by Crippen LogP contribution is -2.26. The molecule has 122 valence electrons. The molecule has 0 atom stereocenters. The van der Waals surface area contributed by atoms with E-state index in [1.807, 2.05) is 24.3 Å². The van der Waals surface area contributed by atoms with E-state index < -0.39 is 0 Å². The number of hydrogen-bond acceptors (Lipinski definition) is 4. The van der Waals surface area contributed by atoms with Crippen LogP contribution >= 0.6 is 0 Å². The maximum absolute atomic E-state index is 12.7. The first-order chi connectivity index (χ1) is 11.1. The molecule has 0 unspecified atom stereocenters. The third-order valence-corrected chi connectivity index (χ3v) is 3.55. The van der Waals surface area contributed by atoms with E-state index in [1.54, 1.807) is 51.5 Å². The normalized spacial score (nSPS) is 10.1. The molecule has 0 spiro atoms. The van der Waals surface area contributed by atoms with Crippen LogP contribution < -0.4 is 14.2 Å². The summed E-state index contributed by atoms with van der Waals surface area (Å²) in [7, 11) is 6.48. The quantitative estimate of drug-likeness (QED) is 0.822. The maximum Gasteiger partial charge on any atom is 0.254 e. The predicted octanol–water partition coefficient (Wildman–Crippen LogP) is 2.98. The Balaban J connectivity index is 2.22. The molecular formula is C18H21NO4. The predicted molar refractivity (Wildman–Crippen MR) is 88.3 cm³/mol. The number of rotatable bonds is 6. The monoisotopic (exact) mass is 315 g/mol. The zero-order chi connectivity index (χ0) is 16.8. The van der Waals surface area contributed by atoms with Crippen LogP contribution in [0.2, 0.25) is 0 Å². The van der Waals surface area contributed by atoms with E-state index in [4.69, 9.17) is 14.2 Å². The molecule has 2 aromatic carbocycles. The molecule has 1 amide bonds. The number of carbonyl (C=O) groups is 1. The van der Waals surface area contributed by atoms with Gasteiger partial charge in [-0.1, -0.05) is 18.2 Å². The number of methoxy groups -OCH3 is 3. The lowest BCUT2D eigenvalue weighted by Gasteiger charge is -2.19. The van der Waals surface area contributed by atoms with Crippen molar-refractivity contribution >= 4 is 5.91 Å². The van der Waals surface area contributed by atoms with E-state index in [2.05, 4.69) is 0 Å². The van der Waals surface area contributed by atoms with Gasteiger partial charge in [0.2, 0.25) is 0 Å². The van der Waals surface area contributed by atoms with E-state index in [0.717, 1.165) is 11.3 Å². The minimum Gasteiger partial charge on any atom is -0.497 e. The number of benzene rings is 2. The highest BCUT2D eigenvalue weighted by atomic mass is 16.5. The minimum atomic E-state index is -0.117. The summed E-state index contributed by atoms with van der Waals surface area (Å²) in [6.07, 6.45) is 0. The lowest BCUT2D eigenvalue weighted by atomic mass is 10.1. The fraction of sp³-hybridized carbons (Fsp3) is 0.278. The summed E-state index contributed by atoms with van der Waals surface area (Å²) >= 11 is 0. The molecule has 5 nitrogen and oxygen atoms in total. The van der Waals surface area contributed by atoms with Crippen molar-refractivity contribution in [2.24, 2.45) is 0 Å². The average Bonchev–Trinajstić information content (AvgIpc) is 2.60. The zero-order valence-corrected chi connectivity index (χ0v) is 13.8. The second-order valence-electron chi connectivity index (χ2n) is 5.07. The van der Waals surface area contributed by atoms with Crippen molar-refractivity contribution in [3.8, 4) is 17.2 Å². The first kappa shape index (κ1) is 16.7. The van der Waals surface area contributed by atoms with Crippen LogP contribution in [0.1, 0.15) is 15.9 Å². The molecule has 0 bridgehead atoms. The molecule has 0 N–H and O–H groups in total. The molecule has 0 heterocycles. The van der Waals surface area contributed by atoms with E-state index >= 15 is 0 Å². The second kappa shape index (κ2) is 7.54. The molecule has 0 saturated heterocycles. The Morgan fingerprint density at radius 2 is 1.57 bits per heavy atom. The van der Waals surface area contributed by atoms with Gasteiger partial charge in [0.15, 0.2) is 0 Å². The summed E-state index contributed by atoms with van der Waals surface area (Å²) in [6.45, 7) is 0.447.